The Labute approximate surface area is 114 Å². The summed E-state index contributed by atoms with van der Waals surface area (Å²) in [6.45, 7) is 0. The summed E-state index contributed by atoms with van der Waals surface area (Å²) in [6, 6.07) is 5.28. The zero-order valence-electron chi connectivity index (χ0n) is 8.66. The van der Waals surface area contributed by atoms with Gasteiger partial charge in [0.2, 0.25) is 5.89 Å². The lowest BCUT2D eigenvalue weighted by Gasteiger charge is -1.97. The fourth-order valence-corrected chi connectivity index (χ4v) is 1.85. The average molecular weight is 289 g/mol. The number of hydrogen-bond donors (Lipinski definition) is 0. The van der Waals surface area contributed by atoms with Gasteiger partial charge < -0.3 is 4.42 Å². The number of nitrogens with zero attached hydrogens (tertiary/aromatic N) is 1. The zero-order chi connectivity index (χ0) is 12.3. The normalized spacial score (nSPS) is 11.2. The van der Waals surface area contributed by atoms with Gasteiger partial charge in [-0.1, -0.05) is 29.3 Å². The highest BCUT2D eigenvalue weighted by Gasteiger charge is 2.00. The van der Waals surface area contributed by atoms with Gasteiger partial charge >= 0.3 is 0 Å². The van der Waals surface area contributed by atoms with Gasteiger partial charge in [0.05, 0.1) is 11.6 Å². The van der Waals surface area contributed by atoms with Crippen molar-refractivity contribution in [1.29, 1.82) is 0 Å². The second kappa shape index (κ2) is 5.58. The van der Waals surface area contributed by atoms with Gasteiger partial charge in [0.25, 0.3) is 0 Å². The third-order valence-electron chi connectivity index (χ3n) is 2.07. The number of alkyl halides is 1. The summed E-state index contributed by atoms with van der Waals surface area (Å²) in [4.78, 5) is 4.14. The molecule has 0 amide bonds. The quantitative estimate of drug-likeness (QED) is 0.752. The molecule has 2 nitrogen and oxygen atoms in total. The first-order valence-corrected chi connectivity index (χ1v) is 6.11. The Morgan fingerprint density at radius 2 is 2.06 bits per heavy atom. The Bertz CT molecular complexity index is 548. The Kier molecular flexibility index (Phi) is 4.11. The van der Waals surface area contributed by atoms with Crippen molar-refractivity contribution < 1.29 is 4.42 Å². The summed E-state index contributed by atoms with van der Waals surface area (Å²) in [6.07, 6.45) is 5.06. The van der Waals surface area contributed by atoms with Gasteiger partial charge in [-0.25, -0.2) is 4.98 Å². The van der Waals surface area contributed by atoms with E-state index in [0.717, 1.165) is 5.56 Å². The van der Waals surface area contributed by atoms with Crippen LogP contribution in [0.3, 0.4) is 0 Å². The summed E-state index contributed by atoms with van der Waals surface area (Å²) in [5, 5.41) is 1.19. The van der Waals surface area contributed by atoms with Crippen LogP contribution in [0.2, 0.25) is 10.0 Å². The smallest absolute Gasteiger partial charge is 0.218 e. The highest BCUT2D eigenvalue weighted by atomic mass is 35.5. The third kappa shape index (κ3) is 3.25. The summed E-state index contributed by atoms with van der Waals surface area (Å²) in [7, 11) is 0. The minimum atomic E-state index is 0.332. The third-order valence-corrected chi connectivity index (χ3v) is 2.91. The van der Waals surface area contributed by atoms with Gasteiger partial charge in [0.15, 0.2) is 0 Å². The summed E-state index contributed by atoms with van der Waals surface area (Å²) >= 11 is 17.4. The summed E-state index contributed by atoms with van der Waals surface area (Å²) in [5.74, 6) is 0.825. The maximum atomic E-state index is 6.02. The molecule has 0 aliphatic heterocycles. The monoisotopic (exact) mass is 287 g/mol. The zero-order valence-corrected chi connectivity index (χ0v) is 10.9. The Hall–Kier alpha value is -0.960. The first kappa shape index (κ1) is 12.5. The van der Waals surface area contributed by atoms with Crippen molar-refractivity contribution in [1.82, 2.24) is 4.98 Å². The number of aromatic nitrogens is 1. The molecule has 0 saturated carbocycles. The van der Waals surface area contributed by atoms with E-state index in [1.165, 1.54) is 6.26 Å². The molecule has 1 aromatic heterocycles. The van der Waals surface area contributed by atoms with E-state index in [0.29, 0.717) is 27.5 Å². The van der Waals surface area contributed by atoms with Crippen LogP contribution in [0, 0.1) is 0 Å². The molecule has 1 aromatic carbocycles. The van der Waals surface area contributed by atoms with E-state index >= 15 is 0 Å². The van der Waals surface area contributed by atoms with Crippen molar-refractivity contribution in [3.8, 4) is 0 Å². The van der Waals surface area contributed by atoms with Crippen LogP contribution < -0.4 is 0 Å². The Balaban J connectivity index is 2.19. The molecule has 1 heterocycles. The van der Waals surface area contributed by atoms with E-state index < -0.39 is 0 Å². The summed E-state index contributed by atoms with van der Waals surface area (Å²) < 4.78 is 5.19. The van der Waals surface area contributed by atoms with Gasteiger partial charge in [-0.3, -0.25) is 0 Å². The van der Waals surface area contributed by atoms with Crippen molar-refractivity contribution in [3.63, 3.8) is 0 Å². The molecule has 0 unspecified atom stereocenters. The first-order chi connectivity index (χ1) is 8.19. The lowest BCUT2D eigenvalue weighted by Crippen LogP contribution is -1.77. The predicted molar refractivity (Wildman–Crippen MR) is 71.5 cm³/mol. The number of hydrogen-bond acceptors (Lipinski definition) is 2. The lowest BCUT2D eigenvalue weighted by molar-refractivity contribution is 0.546. The van der Waals surface area contributed by atoms with E-state index in [1.54, 1.807) is 18.2 Å². The molecular formula is C12H8Cl3NO. The molecule has 17 heavy (non-hydrogen) atoms. The van der Waals surface area contributed by atoms with Crippen LogP contribution in [-0.2, 0) is 5.88 Å². The van der Waals surface area contributed by atoms with E-state index in [1.807, 2.05) is 12.1 Å². The van der Waals surface area contributed by atoms with Crippen molar-refractivity contribution in [2.45, 2.75) is 5.88 Å². The van der Waals surface area contributed by atoms with Crippen LogP contribution in [0.15, 0.2) is 28.9 Å². The largest absolute Gasteiger partial charge is 0.445 e. The topological polar surface area (TPSA) is 26.0 Å². The molecule has 0 radical (unpaired) electrons. The predicted octanol–water partition coefficient (Wildman–Crippen LogP) is 4.89. The number of halogens is 3. The molecule has 2 rings (SSSR count). The highest BCUT2D eigenvalue weighted by molar-refractivity contribution is 6.35. The van der Waals surface area contributed by atoms with Crippen molar-refractivity contribution in [2.24, 2.45) is 0 Å². The van der Waals surface area contributed by atoms with Gasteiger partial charge in [-0.05, 0) is 23.8 Å². The van der Waals surface area contributed by atoms with Crippen LogP contribution >= 0.6 is 34.8 Å². The fraction of sp³-hybridized carbons (Fsp3) is 0.0833. The molecule has 0 spiro atoms. The Morgan fingerprint density at radius 1 is 1.24 bits per heavy atom. The number of oxazole rings is 1. The lowest BCUT2D eigenvalue weighted by atomic mass is 10.2. The SMILES string of the molecule is ClCc1coc(/C=C/c2ccc(Cl)cc2Cl)n1. The molecule has 0 saturated heterocycles. The average Bonchev–Trinajstić information content (AvgIpc) is 2.76. The molecular weight excluding hydrogens is 280 g/mol. The van der Waals surface area contributed by atoms with Crippen LogP contribution in [0.25, 0.3) is 12.2 Å². The van der Waals surface area contributed by atoms with Crippen molar-refractivity contribution in [3.05, 3.63) is 51.7 Å². The molecule has 0 fully saturated rings. The number of rotatable bonds is 3. The maximum Gasteiger partial charge on any atom is 0.218 e. The molecule has 0 bridgehead atoms. The second-order valence-electron chi connectivity index (χ2n) is 3.31. The second-order valence-corrected chi connectivity index (χ2v) is 4.42. The van der Waals surface area contributed by atoms with E-state index in [-0.39, 0.29) is 0 Å². The Morgan fingerprint density at radius 3 is 2.71 bits per heavy atom. The van der Waals surface area contributed by atoms with Crippen LogP contribution in [0.1, 0.15) is 17.1 Å². The fourth-order valence-electron chi connectivity index (χ4n) is 1.26. The molecule has 88 valence electrons. The van der Waals surface area contributed by atoms with E-state index in [9.17, 15) is 0 Å². The molecule has 0 atom stereocenters. The van der Waals surface area contributed by atoms with Gasteiger partial charge in [-0.15, -0.1) is 11.6 Å². The van der Waals surface area contributed by atoms with Crippen LogP contribution in [-0.4, -0.2) is 4.98 Å². The molecule has 5 heteroatoms. The first-order valence-electron chi connectivity index (χ1n) is 4.82. The van der Waals surface area contributed by atoms with Crippen molar-refractivity contribution in [2.75, 3.05) is 0 Å². The minimum Gasteiger partial charge on any atom is -0.445 e. The van der Waals surface area contributed by atoms with Gasteiger partial charge in [0.1, 0.15) is 6.26 Å². The van der Waals surface area contributed by atoms with Crippen LogP contribution in [0.4, 0.5) is 0 Å². The molecule has 0 aliphatic rings. The molecule has 0 aliphatic carbocycles. The molecule has 2 aromatic rings. The van der Waals surface area contributed by atoms with E-state index in [2.05, 4.69) is 4.98 Å². The molecule has 0 N–H and O–H groups in total. The van der Waals surface area contributed by atoms with Crippen molar-refractivity contribution >= 4 is 47.0 Å². The standard InChI is InChI=1S/C12H8Cl3NO/c13-6-10-7-17-12(16-10)4-2-8-1-3-9(14)5-11(8)15/h1-5,7H,6H2/b4-2+. The highest BCUT2D eigenvalue weighted by Crippen LogP contribution is 2.22. The minimum absolute atomic E-state index is 0.332. The van der Waals surface area contributed by atoms with Gasteiger partial charge in [-0.2, -0.15) is 0 Å². The van der Waals surface area contributed by atoms with E-state index in [4.69, 9.17) is 39.2 Å². The van der Waals surface area contributed by atoms with Crippen LogP contribution in [0.5, 0.6) is 0 Å². The maximum absolute atomic E-state index is 6.02. The van der Waals surface area contributed by atoms with Gasteiger partial charge in [0, 0.05) is 16.1 Å². The summed E-state index contributed by atoms with van der Waals surface area (Å²) in [5.41, 5.74) is 1.55. The number of benzene rings is 1.